The van der Waals surface area contributed by atoms with Crippen molar-refractivity contribution in [2.45, 2.75) is 37.5 Å². The number of aliphatic hydroxyl groups is 1. The lowest BCUT2D eigenvalue weighted by molar-refractivity contribution is -0.145. The molecule has 0 bridgehead atoms. The van der Waals surface area contributed by atoms with Gasteiger partial charge < -0.3 is 15.5 Å². The van der Waals surface area contributed by atoms with Crippen molar-refractivity contribution in [1.82, 2.24) is 15.0 Å². The average Bonchev–Trinajstić information content (AvgIpc) is 3.25. The summed E-state index contributed by atoms with van der Waals surface area (Å²) in [6, 6.07) is 5.64. The SMILES string of the molecule is O=C(O)[C@H]1CC[C@](O)(c2ncc(-c3cc(Cl)cc(Nc4nccc(C(F)(F)F)n4)c3)s2)CC1. The predicted molar refractivity (Wildman–Crippen MR) is 116 cm³/mol. The van der Waals surface area contributed by atoms with Crippen LogP contribution in [-0.4, -0.2) is 31.1 Å². The third-order valence-electron chi connectivity index (χ3n) is 5.45. The van der Waals surface area contributed by atoms with Gasteiger partial charge in [-0.3, -0.25) is 4.79 Å². The van der Waals surface area contributed by atoms with E-state index in [0.717, 1.165) is 12.3 Å². The van der Waals surface area contributed by atoms with Crippen molar-refractivity contribution in [3.05, 3.63) is 52.4 Å². The highest BCUT2D eigenvalue weighted by molar-refractivity contribution is 7.15. The molecule has 1 aromatic carbocycles. The molecule has 12 heteroatoms. The molecule has 4 rings (SSSR count). The Bertz CT molecular complexity index is 1180. The number of hydrogen-bond acceptors (Lipinski definition) is 7. The van der Waals surface area contributed by atoms with Gasteiger partial charge in [-0.15, -0.1) is 11.3 Å². The standard InChI is InChI=1S/C21H18ClF3N4O3S/c22-13-7-12(8-14(9-13)28-19-26-6-3-16(29-19)21(23,24)25)15-10-27-18(33-15)20(32)4-1-11(2-5-20)17(30)31/h3,6-11,32H,1-2,4-5H2,(H,30,31)(H,26,28,29)/t11-,20+. The van der Waals surface area contributed by atoms with Crippen LogP contribution in [0.3, 0.4) is 0 Å². The molecule has 0 unspecified atom stereocenters. The van der Waals surface area contributed by atoms with E-state index >= 15 is 0 Å². The molecule has 0 spiro atoms. The van der Waals surface area contributed by atoms with E-state index in [-0.39, 0.29) is 5.95 Å². The minimum atomic E-state index is -4.60. The third-order valence-corrected chi connectivity index (χ3v) is 6.91. The maximum absolute atomic E-state index is 12.9. The van der Waals surface area contributed by atoms with Crippen LogP contribution >= 0.6 is 22.9 Å². The fourth-order valence-corrected chi connectivity index (χ4v) is 4.97. The van der Waals surface area contributed by atoms with Gasteiger partial charge in [0.1, 0.15) is 16.3 Å². The van der Waals surface area contributed by atoms with Crippen LogP contribution in [0.25, 0.3) is 10.4 Å². The number of hydrogen-bond donors (Lipinski definition) is 3. The summed E-state index contributed by atoms with van der Waals surface area (Å²) in [7, 11) is 0. The van der Waals surface area contributed by atoms with Gasteiger partial charge in [0.2, 0.25) is 5.95 Å². The Morgan fingerprint density at radius 2 is 1.94 bits per heavy atom. The molecule has 0 radical (unpaired) electrons. The molecule has 174 valence electrons. The lowest BCUT2D eigenvalue weighted by Crippen LogP contribution is -2.33. The van der Waals surface area contributed by atoms with Crippen molar-refractivity contribution in [2.24, 2.45) is 5.92 Å². The highest BCUT2D eigenvalue weighted by Gasteiger charge is 2.39. The highest BCUT2D eigenvalue weighted by atomic mass is 35.5. The van der Waals surface area contributed by atoms with Crippen LogP contribution in [0, 0.1) is 5.92 Å². The van der Waals surface area contributed by atoms with E-state index in [1.54, 1.807) is 18.3 Å². The van der Waals surface area contributed by atoms with E-state index in [2.05, 4.69) is 20.3 Å². The Kier molecular flexibility index (Phi) is 6.30. The number of anilines is 2. The molecule has 0 aliphatic heterocycles. The van der Waals surface area contributed by atoms with Crippen molar-refractivity contribution < 1.29 is 28.2 Å². The fourth-order valence-electron chi connectivity index (χ4n) is 3.69. The average molecular weight is 499 g/mol. The summed E-state index contributed by atoms with van der Waals surface area (Å²) in [6.07, 6.45) is -0.678. The number of rotatable bonds is 5. The van der Waals surface area contributed by atoms with Crippen LogP contribution in [0.5, 0.6) is 0 Å². The van der Waals surface area contributed by atoms with Gasteiger partial charge in [-0.05, 0) is 55.5 Å². The van der Waals surface area contributed by atoms with Gasteiger partial charge in [-0.1, -0.05) is 11.6 Å². The van der Waals surface area contributed by atoms with Crippen molar-refractivity contribution >= 4 is 40.5 Å². The third kappa shape index (κ3) is 5.26. The molecular weight excluding hydrogens is 481 g/mol. The Hall–Kier alpha value is -2.76. The maximum atomic E-state index is 12.9. The Morgan fingerprint density at radius 3 is 2.61 bits per heavy atom. The maximum Gasteiger partial charge on any atom is 0.433 e. The van der Waals surface area contributed by atoms with Crippen LogP contribution in [0.1, 0.15) is 36.4 Å². The van der Waals surface area contributed by atoms with Crippen LogP contribution < -0.4 is 5.32 Å². The van der Waals surface area contributed by atoms with Gasteiger partial charge >= 0.3 is 12.1 Å². The fraction of sp³-hybridized carbons (Fsp3) is 0.333. The molecule has 7 nitrogen and oxygen atoms in total. The minimum absolute atomic E-state index is 0.229. The summed E-state index contributed by atoms with van der Waals surface area (Å²) in [5, 5.41) is 23.7. The molecule has 1 aliphatic rings. The zero-order valence-corrected chi connectivity index (χ0v) is 18.5. The summed E-state index contributed by atoms with van der Waals surface area (Å²) in [5.74, 6) is -1.56. The highest BCUT2D eigenvalue weighted by Crippen LogP contribution is 2.43. The summed E-state index contributed by atoms with van der Waals surface area (Å²) >= 11 is 7.47. The second-order valence-electron chi connectivity index (χ2n) is 7.79. The Balaban J connectivity index is 1.56. The topological polar surface area (TPSA) is 108 Å². The molecule has 1 fully saturated rings. The van der Waals surface area contributed by atoms with Gasteiger partial charge in [0, 0.05) is 23.1 Å². The van der Waals surface area contributed by atoms with Gasteiger partial charge in [-0.2, -0.15) is 13.2 Å². The number of thiazole rings is 1. The van der Waals surface area contributed by atoms with Crippen LogP contribution in [-0.2, 0) is 16.6 Å². The van der Waals surface area contributed by atoms with Gasteiger partial charge in [-0.25, -0.2) is 15.0 Å². The zero-order chi connectivity index (χ0) is 23.8. The molecule has 3 N–H and O–H groups in total. The smallest absolute Gasteiger partial charge is 0.433 e. The Morgan fingerprint density at radius 1 is 1.21 bits per heavy atom. The van der Waals surface area contributed by atoms with Crippen molar-refractivity contribution in [1.29, 1.82) is 0 Å². The van der Waals surface area contributed by atoms with E-state index in [9.17, 15) is 23.1 Å². The first-order valence-electron chi connectivity index (χ1n) is 9.93. The number of halogens is 4. The molecule has 1 saturated carbocycles. The largest absolute Gasteiger partial charge is 0.481 e. The van der Waals surface area contributed by atoms with E-state index in [4.69, 9.17) is 16.7 Å². The van der Waals surface area contributed by atoms with Gasteiger partial charge in [0.15, 0.2) is 0 Å². The molecule has 0 amide bonds. The lowest BCUT2D eigenvalue weighted by Gasteiger charge is -2.32. The zero-order valence-electron chi connectivity index (χ0n) is 16.9. The molecule has 2 heterocycles. The second kappa shape index (κ2) is 8.88. The van der Waals surface area contributed by atoms with Gasteiger partial charge in [0.05, 0.1) is 10.8 Å². The molecule has 33 heavy (non-hydrogen) atoms. The Labute approximate surface area is 195 Å². The lowest BCUT2D eigenvalue weighted by atomic mass is 9.79. The second-order valence-corrected chi connectivity index (χ2v) is 9.26. The van der Waals surface area contributed by atoms with Crippen LogP contribution in [0.2, 0.25) is 5.02 Å². The first kappa shape index (κ1) is 23.4. The number of nitrogens with one attached hydrogen (secondary N) is 1. The number of carboxylic acid groups (broad SMARTS) is 1. The predicted octanol–water partition coefficient (Wildman–Crippen LogP) is 5.48. The van der Waals surface area contributed by atoms with E-state index in [1.165, 1.54) is 17.4 Å². The summed E-state index contributed by atoms with van der Waals surface area (Å²) in [5.41, 5.74) is -1.24. The van der Waals surface area contributed by atoms with Crippen LogP contribution in [0.4, 0.5) is 24.8 Å². The van der Waals surface area contributed by atoms with Crippen molar-refractivity contribution in [3.63, 3.8) is 0 Å². The summed E-state index contributed by atoms with van der Waals surface area (Å²) in [4.78, 5) is 23.5. The van der Waals surface area contributed by atoms with Crippen LogP contribution in [0.15, 0.2) is 36.7 Å². The quantitative estimate of drug-likeness (QED) is 0.427. The molecule has 3 aromatic rings. The number of benzene rings is 1. The van der Waals surface area contributed by atoms with E-state index in [1.807, 2.05) is 0 Å². The molecule has 0 saturated heterocycles. The minimum Gasteiger partial charge on any atom is -0.481 e. The number of alkyl halides is 3. The summed E-state index contributed by atoms with van der Waals surface area (Å²) in [6.45, 7) is 0. The number of carboxylic acids is 1. The molecule has 0 atom stereocenters. The van der Waals surface area contributed by atoms with Crippen molar-refractivity contribution in [3.8, 4) is 10.4 Å². The normalized spacial score (nSPS) is 21.1. The number of carbonyl (C=O) groups is 1. The monoisotopic (exact) mass is 498 g/mol. The van der Waals surface area contributed by atoms with E-state index in [0.29, 0.717) is 51.8 Å². The number of aromatic nitrogens is 3. The molecular formula is C21H18ClF3N4O3S. The van der Waals surface area contributed by atoms with Gasteiger partial charge in [0.25, 0.3) is 0 Å². The first-order valence-corrected chi connectivity index (χ1v) is 11.1. The molecule has 2 aromatic heterocycles. The number of nitrogens with zero attached hydrogens (tertiary/aromatic N) is 3. The van der Waals surface area contributed by atoms with E-state index < -0.39 is 29.4 Å². The number of aliphatic carboxylic acids is 1. The summed E-state index contributed by atoms with van der Waals surface area (Å²) < 4.78 is 38.7. The molecule has 1 aliphatic carbocycles. The first-order chi connectivity index (χ1) is 15.5. The van der Waals surface area contributed by atoms with Crippen molar-refractivity contribution in [2.75, 3.05) is 5.32 Å².